The van der Waals surface area contributed by atoms with Crippen molar-refractivity contribution < 1.29 is 9.90 Å². The van der Waals surface area contributed by atoms with Gasteiger partial charge in [0.2, 0.25) is 0 Å². The van der Waals surface area contributed by atoms with Crippen molar-refractivity contribution in [3.8, 4) is 0 Å². The maximum Gasteiger partial charge on any atom is 0.329 e. The number of hydrogen-bond acceptors (Lipinski definition) is 2. The van der Waals surface area contributed by atoms with Gasteiger partial charge < -0.3 is 10.0 Å². The predicted octanol–water partition coefficient (Wildman–Crippen LogP) is 3.30. The molecule has 0 saturated heterocycles. The maximum absolute atomic E-state index is 11.8. The van der Waals surface area contributed by atoms with Crippen LogP contribution in [0.1, 0.15) is 39.0 Å². The maximum atomic E-state index is 11.8. The van der Waals surface area contributed by atoms with Gasteiger partial charge in [-0.1, -0.05) is 37.5 Å². The first-order chi connectivity index (χ1) is 8.70. The molecule has 98 valence electrons. The molecule has 0 bridgehead atoms. The smallest absolute Gasteiger partial charge is 0.329 e. The quantitative estimate of drug-likeness (QED) is 0.887. The van der Waals surface area contributed by atoms with Gasteiger partial charge in [0.1, 0.15) is 5.54 Å². The molecular formula is C15H21NO2. The van der Waals surface area contributed by atoms with E-state index in [4.69, 9.17) is 0 Å². The van der Waals surface area contributed by atoms with E-state index in [9.17, 15) is 9.90 Å². The van der Waals surface area contributed by atoms with E-state index in [-0.39, 0.29) is 0 Å². The van der Waals surface area contributed by atoms with Gasteiger partial charge in [0.25, 0.3) is 0 Å². The highest BCUT2D eigenvalue weighted by molar-refractivity contribution is 5.83. The van der Waals surface area contributed by atoms with Crippen molar-refractivity contribution in [2.24, 2.45) is 0 Å². The number of hydrogen-bond donors (Lipinski definition) is 1. The summed E-state index contributed by atoms with van der Waals surface area (Å²) < 4.78 is 0. The fourth-order valence-electron chi connectivity index (χ4n) is 3.08. The van der Waals surface area contributed by atoms with E-state index in [0.29, 0.717) is 0 Å². The van der Waals surface area contributed by atoms with Gasteiger partial charge in [0, 0.05) is 12.2 Å². The van der Waals surface area contributed by atoms with Crippen LogP contribution in [0.25, 0.3) is 0 Å². The first kappa shape index (κ1) is 12.9. The summed E-state index contributed by atoms with van der Waals surface area (Å²) in [6.07, 6.45) is 4.68. The standard InChI is InChI=1S/C15H21NO2/c1-2-16(13-9-5-3-6-10-13)15(14(17)18)11-7-4-8-12-15/h3,5-6,9-10H,2,4,7-8,11-12H2,1H3,(H,17,18). The summed E-state index contributed by atoms with van der Waals surface area (Å²) in [5.74, 6) is -0.673. The van der Waals surface area contributed by atoms with Crippen LogP contribution >= 0.6 is 0 Å². The monoisotopic (exact) mass is 247 g/mol. The zero-order chi connectivity index (χ0) is 13.0. The number of carboxylic acids is 1. The molecule has 18 heavy (non-hydrogen) atoms. The Morgan fingerprint density at radius 1 is 1.22 bits per heavy atom. The Hall–Kier alpha value is -1.51. The number of benzene rings is 1. The lowest BCUT2D eigenvalue weighted by Gasteiger charge is -2.44. The van der Waals surface area contributed by atoms with Gasteiger partial charge in [-0.25, -0.2) is 4.79 Å². The number of para-hydroxylation sites is 1. The van der Waals surface area contributed by atoms with Crippen molar-refractivity contribution in [3.05, 3.63) is 30.3 Å². The van der Waals surface area contributed by atoms with E-state index in [1.165, 1.54) is 0 Å². The average molecular weight is 247 g/mol. The second-order valence-electron chi connectivity index (χ2n) is 4.98. The third-order valence-corrected chi connectivity index (χ3v) is 3.98. The summed E-state index contributed by atoms with van der Waals surface area (Å²) in [5.41, 5.74) is 0.318. The molecule has 1 aliphatic rings. The first-order valence-corrected chi connectivity index (χ1v) is 6.77. The lowest BCUT2D eigenvalue weighted by Crippen LogP contribution is -2.56. The topological polar surface area (TPSA) is 40.5 Å². The van der Waals surface area contributed by atoms with Crippen LogP contribution in [0, 0.1) is 0 Å². The Morgan fingerprint density at radius 2 is 1.83 bits per heavy atom. The van der Waals surface area contributed by atoms with E-state index in [1.807, 2.05) is 37.3 Å². The van der Waals surface area contributed by atoms with Crippen LogP contribution in [0.4, 0.5) is 5.69 Å². The van der Waals surface area contributed by atoms with E-state index in [2.05, 4.69) is 4.90 Å². The molecule has 2 rings (SSSR count). The molecule has 1 aromatic rings. The van der Waals surface area contributed by atoms with Crippen LogP contribution in [0.3, 0.4) is 0 Å². The number of likely N-dealkylation sites (N-methyl/N-ethyl adjacent to an activating group) is 1. The summed E-state index contributed by atoms with van der Waals surface area (Å²) in [4.78, 5) is 13.9. The number of nitrogens with zero attached hydrogens (tertiary/aromatic N) is 1. The van der Waals surface area contributed by atoms with E-state index in [0.717, 1.165) is 44.3 Å². The molecule has 1 fully saturated rings. The third kappa shape index (κ3) is 2.22. The first-order valence-electron chi connectivity index (χ1n) is 6.77. The summed E-state index contributed by atoms with van der Waals surface area (Å²) in [7, 11) is 0. The lowest BCUT2D eigenvalue weighted by atomic mass is 9.80. The van der Waals surface area contributed by atoms with Gasteiger partial charge in [-0.2, -0.15) is 0 Å². The zero-order valence-electron chi connectivity index (χ0n) is 10.9. The molecule has 0 unspecified atom stereocenters. The van der Waals surface area contributed by atoms with Crippen LogP contribution < -0.4 is 4.90 Å². The third-order valence-electron chi connectivity index (χ3n) is 3.98. The SMILES string of the molecule is CCN(c1ccccc1)C1(C(=O)O)CCCCC1. The molecule has 1 N–H and O–H groups in total. The molecule has 3 nitrogen and oxygen atoms in total. The highest BCUT2D eigenvalue weighted by Gasteiger charge is 2.44. The summed E-state index contributed by atoms with van der Waals surface area (Å²) in [6, 6.07) is 9.91. The van der Waals surface area contributed by atoms with Crippen molar-refractivity contribution in [2.75, 3.05) is 11.4 Å². The fourth-order valence-corrected chi connectivity index (χ4v) is 3.08. The average Bonchev–Trinajstić information content (AvgIpc) is 2.41. The van der Waals surface area contributed by atoms with Crippen LogP contribution in [0.15, 0.2) is 30.3 Å². The van der Waals surface area contributed by atoms with Gasteiger partial charge in [-0.3, -0.25) is 0 Å². The number of rotatable bonds is 4. The van der Waals surface area contributed by atoms with Crippen molar-refractivity contribution in [3.63, 3.8) is 0 Å². The summed E-state index contributed by atoms with van der Waals surface area (Å²) >= 11 is 0. The highest BCUT2D eigenvalue weighted by atomic mass is 16.4. The molecule has 1 aliphatic carbocycles. The normalized spacial score (nSPS) is 18.3. The Kier molecular flexibility index (Phi) is 3.90. The fraction of sp³-hybridized carbons (Fsp3) is 0.533. The minimum Gasteiger partial charge on any atom is -0.479 e. The molecule has 1 aromatic carbocycles. The molecule has 0 aliphatic heterocycles. The van der Waals surface area contributed by atoms with E-state index in [1.54, 1.807) is 0 Å². The van der Waals surface area contributed by atoms with Crippen LogP contribution in [0.2, 0.25) is 0 Å². The van der Waals surface area contributed by atoms with E-state index >= 15 is 0 Å². The van der Waals surface area contributed by atoms with Crippen molar-refractivity contribution in [1.29, 1.82) is 0 Å². The summed E-state index contributed by atoms with van der Waals surface area (Å²) in [6.45, 7) is 2.77. The van der Waals surface area contributed by atoms with Crippen LogP contribution in [0.5, 0.6) is 0 Å². The second kappa shape index (κ2) is 5.42. The minimum atomic E-state index is -0.700. The van der Waals surface area contributed by atoms with Crippen LogP contribution in [-0.4, -0.2) is 23.2 Å². The van der Waals surface area contributed by atoms with Gasteiger partial charge in [0.05, 0.1) is 0 Å². The molecule has 1 saturated carbocycles. The molecule has 0 amide bonds. The second-order valence-corrected chi connectivity index (χ2v) is 4.98. The molecule has 0 radical (unpaired) electrons. The highest BCUT2D eigenvalue weighted by Crippen LogP contribution is 2.36. The van der Waals surface area contributed by atoms with Crippen molar-refractivity contribution in [1.82, 2.24) is 0 Å². The molecule has 0 atom stereocenters. The summed E-state index contributed by atoms with van der Waals surface area (Å²) in [5, 5.41) is 9.71. The Labute approximate surface area is 108 Å². The lowest BCUT2D eigenvalue weighted by molar-refractivity contribution is -0.144. The predicted molar refractivity (Wildman–Crippen MR) is 72.9 cm³/mol. The van der Waals surface area contributed by atoms with E-state index < -0.39 is 11.5 Å². The largest absolute Gasteiger partial charge is 0.479 e. The van der Waals surface area contributed by atoms with Gasteiger partial charge in [-0.15, -0.1) is 0 Å². The molecule has 0 spiro atoms. The number of anilines is 1. The molecule has 0 heterocycles. The van der Waals surface area contributed by atoms with Crippen molar-refractivity contribution in [2.45, 2.75) is 44.6 Å². The van der Waals surface area contributed by atoms with Gasteiger partial charge in [-0.05, 0) is 31.9 Å². The minimum absolute atomic E-state index is 0.673. The van der Waals surface area contributed by atoms with Crippen LogP contribution in [-0.2, 0) is 4.79 Å². The Balaban J connectivity index is 2.36. The number of carbonyl (C=O) groups is 1. The zero-order valence-corrected chi connectivity index (χ0v) is 10.9. The number of aliphatic carboxylic acids is 1. The van der Waals surface area contributed by atoms with Gasteiger partial charge >= 0.3 is 5.97 Å². The Bertz CT molecular complexity index is 396. The number of carboxylic acid groups (broad SMARTS) is 1. The molecule has 3 heteroatoms. The van der Waals surface area contributed by atoms with Crippen molar-refractivity contribution >= 4 is 11.7 Å². The molecule has 0 aromatic heterocycles. The van der Waals surface area contributed by atoms with Gasteiger partial charge in [0.15, 0.2) is 0 Å². The Morgan fingerprint density at radius 3 is 2.33 bits per heavy atom. The molecular weight excluding hydrogens is 226 g/mol.